The Morgan fingerprint density at radius 2 is 2.29 bits per heavy atom. The zero-order valence-electron chi connectivity index (χ0n) is 10.2. The van der Waals surface area contributed by atoms with Crippen molar-refractivity contribution in [1.29, 1.82) is 0 Å². The summed E-state index contributed by atoms with van der Waals surface area (Å²) in [5.74, 6) is 0.508. The maximum atomic E-state index is 12.1. The van der Waals surface area contributed by atoms with E-state index in [4.69, 9.17) is 0 Å². The summed E-state index contributed by atoms with van der Waals surface area (Å²) in [6, 6.07) is 0. The van der Waals surface area contributed by atoms with Gasteiger partial charge in [-0.25, -0.2) is 0 Å². The Bertz CT molecular complexity index is 351. The molecular formula is C11H19N5O. The zero-order valence-corrected chi connectivity index (χ0v) is 10.2. The van der Waals surface area contributed by atoms with Crippen molar-refractivity contribution in [1.82, 2.24) is 25.5 Å². The molecule has 0 aromatic carbocycles. The normalized spacial score (nSPS) is 20.2. The van der Waals surface area contributed by atoms with Crippen LogP contribution in [0.2, 0.25) is 0 Å². The minimum Gasteiger partial charge on any atom is -0.342 e. The summed E-state index contributed by atoms with van der Waals surface area (Å²) in [5, 5.41) is 13.7. The fraction of sp³-hybridized carbons (Fsp3) is 0.818. The number of aromatic nitrogens is 4. The Kier molecular flexibility index (Phi) is 4.06. The van der Waals surface area contributed by atoms with E-state index in [0.717, 1.165) is 25.9 Å². The average molecular weight is 237 g/mol. The highest BCUT2D eigenvalue weighted by Crippen LogP contribution is 2.25. The molecule has 1 saturated heterocycles. The standard InChI is InChI=1S/C11H19N5O/c1-2-3-4-5-7-16-8-6-9(11(16)17)10-12-14-15-13-10/h9H,2-8H2,1H3,(H,12,13,14,15). The first-order valence-corrected chi connectivity index (χ1v) is 6.35. The van der Waals surface area contributed by atoms with Gasteiger partial charge in [-0.3, -0.25) is 4.79 Å². The molecule has 0 saturated carbocycles. The number of H-pyrrole nitrogens is 1. The molecule has 1 aliphatic rings. The van der Waals surface area contributed by atoms with Crippen LogP contribution in [0.4, 0.5) is 0 Å². The number of carbonyl (C=O) groups is 1. The minimum absolute atomic E-state index is 0.155. The maximum absolute atomic E-state index is 12.1. The van der Waals surface area contributed by atoms with Crippen LogP contribution in [0.15, 0.2) is 0 Å². The van der Waals surface area contributed by atoms with Crippen molar-refractivity contribution in [2.24, 2.45) is 0 Å². The van der Waals surface area contributed by atoms with E-state index in [1.807, 2.05) is 4.90 Å². The van der Waals surface area contributed by atoms with Crippen LogP contribution >= 0.6 is 0 Å². The number of hydrogen-bond acceptors (Lipinski definition) is 4. The van der Waals surface area contributed by atoms with Crippen LogP contribution in [0.1, 0.15) is 50.8 Å². The lowest BCUT2D eigenvalue weighted by Gasteiger charge is -2.15. The van der Waals surface area contributed by atoms with Crippen LogP contribution in [-0.2, 0) is 4.79 Å². The Hall–Kier alpha value is -1.46. The van der Waals surface area contributed by atoms with Crippen LogP contribution in [0.3, 0.4) is 0 Å². The highest BCUT2D eigenvalue weighted by molar-refractivity contribution is 5.84. The Balaban J connectivity index is 1.81. The molecule has 0 spiro atoms. The number of hydrogen-bond donors (Lipinski definition) is 1. The monoisotopic (exact) mass is 237 g/mol. The maximum Gasteiger partial charge on any atom is 0.233 e. The number of carbonyl (C=O) groups excluding carboxylic acids is 1. The van der Waals surface area contributed by atoms with Crippen LogP contribution in [-0.4, -0.2) is 44.5 Å². The van der Waals surface area contributed by atoms with E-state index in [2.05, 4.69) is 27.5 Å². The molecule has 17 heavy (non-hydrogen) atoms. The van der Waals surface area contributed by atoms with E-state index in [1.165, 1.54) is 19.3 Å². The number of tetrazole rings is 1. The van der Waals surface area contributed by atoms with E-state index in [0.29, 0.717) is 5.82 Å². The lowest BCUT2D eigenvalue weighted by molar-refractivity contribution is -0.129. The van der Waals surface area contributed by atoms with Gasteiger partial charge in [0.1, 0.15) is 5.92 Å². The second-order valence-corrected chi connectivity index (χ2v) is 4.50. The lowest BCUT2D eigenvalue weighted by Crippen LogP contribution is -2.28. The molecule has 1 aliphatic heterocycles. The quantitative estimate of drug-likeness (QED) is 0.752. The van der Waals surface area contributed by atoms with Crippen molar-refractivity contribution in [2.45, 2.75) is 44.9 Å². The summed E-state index contributed by atoms with van der Waals surface area (Å²) in [6.45, 7) is 3.88. The average Bonchev–Trinajstić information content (AvgIpc) is 2.95. The van der Waals surface area contributed by atoms with Gasteiger partial charge in [0.25, 0.3) is 0 Å². The molecule has 1 fully saturated rings. The second kappa shape index (κ2) is 5.75. The molecule has 1 N–H and O–H groups in total. The summed E-state index contributed by atoms with van der Waals surface area (Å²) in [6.07, 6.45) is 5.58. The Morgan fingerprint density at radius 1 is 1.41 bits per heavy atom. The van der Waals surface area contributed by atoms with Crippen molar-refractivity contribution >= 4 is 5.91 Å². The van der Waals surface area contributed by atoms with Crippen molar-refractivity contribution in [3.05, 3.63) is 5.82 Å². The van der Waals surface area contributed by atoms with E-state index < -0.39 is 0 Å². The van der Waals surface area contributed by atoms with Gasteiger partial charge in [-0.1, -0.05) is 31.4 Å². The van der Waals surface area contributed by atoms with Gasteiger partial charge in [0.2, 0.25) is 5.91 Å². The third-order valence-corrected chi connectivity index (χ3v) is 3.25. The Morgan fingerprint density at radius 3 is 3.00 bits per heavy atom. The van der Waals surface area contributed by atoms with Gasteiger partial charge in [0.05, 0.1) is 0 Å². The van der Waals surface area contributed by atoms with Gasteiger partial charge in [-0.05, 0) is 12.8 Å². The number of amides is 1. The van der Waals surface area contributed by atoms with Crippen LogP contribution in [0, 0.1) is 0 Å². The first-order chi connectivity index (χ1) is 8.33. The molecule has 0 aliphatic carbocycles. The SMILES string of the molecule is CCCCCCN1CCC(c2nn[nH]n2)C1=O. The summed E-state index contributed by atoms with van der Waals surface area (Å²) in [4.78, 5) is 14.0. The second-order valence-electron chi connectivity index (χ2n) is 4.50. The molecule has 2 heterocycles. The van der Waals surface area contributed by atoms with Gasteiger partial charge >= 0.3 is 0 Å². The predicted molar refractivity (Wildman–Crippen MR) is 62.3 cm³/mol. The van der Waals surface area contributed by atoms with Gasteiger partial charge < -0.3 is 4.90 Å². The number of nitrogens with one attached hydrogen (secondary N) is 1. The number of likely N-dealkylation sites (tertiary alicyclic amines) is 1. The molecule has 1 atom stereocenters. The molecule has 1 aromatic rings. The van der Waals surface area contributed by atoms with Crippen molar-refractivity contribution < 1.29 is 4.79 Å². The third kappa shape index (κ3) is 2.81. The smallest absolute Gasteiger partial charge is 0.233 e. The van der Waals surface area contributed by atoms with Crippen LogP contribution in [0.5, 0.6) is 0 Å². The molecule has 6 heteroatoms. The van der Waals surface area contributed by atoms with E-state index in [1.54, 1.807) is 0 Å². The predicted octanol–water partition coefficient (Wildman–Crippen LogP) is 1.10. The summed E-state index contributed by atoms with van der Waals surface area (Å²) < 4.78 is 0. The molecule has 1 amide bonds. The largest absolute Gasteiger partial charge is 0.342 e. The third-order valence-electron chi connectivity index (χ3n) is 3.25. The fourth-order valence-corrected chi connectivity index (χ4v) is 2.25. The highest BCUT2D eigenvalue weighted by Gasteiger charge is 2.34. The first kappa shape index (κ1) is 12.0. The van der Waals surface area contributed by atoms with Crippen molar-refractivity contribution in [3.8, 4) is 0 Å². The molecule has 94 valence electrons. The first-order valence-electron chi connectivity index (χ1n) is 6.35. The lowest BCUT2D eigenvalue weighted by atomic mass is 10.1. The van der Waals surface area contributed by atoms with Crippen molar-refractivity contribution in [3.63, 3.8) is 0 Å². The summed E-state index contributed by atoms with van der Waals surface area (Å²) in [7, 11) is 0. The Labute approximate surface area is 101 Å². The molecule has 2 rings (SSSR count). The topological polar surface area (TPSA) is 74.8 Å². The minimum atomic E-state index is -0.181. The fourth-order valence-electron chi connectivity index (χ4n) is 2.25. The molecular weight excluding hydrogens is 218 g/mol. The highest BCUT2D eigenvalue weighted by atomic mass is 16.2. The molecule has 1 unspecified atom stereocenters. The van der Waals surface area contributed by atoms with E-state index in [-0.39, 0.29) is 11.8 Å². The molecule has 1 aromatic heterocycles. The molecule has 0 bridgehead atoms. The zero-order chi connectivity index (χ0) is 12.1. The van der Waals surface area contributed by atoms with Gasteiger partial charge in [0, 0.05) is 13.1 Å². The van der Waals surface area contributed by atoms with Crippen LogP contribution in [0.25, 0.3) is 0 Å². The van der Waals surface area contributed by atoms with Crippen LogP contribution < -0.4 is 0 Å². The van der Waals surface area contributed by atoms with Crippen molar-refractivity contribution in [2.75, 3.05) is 13.1 Å². The number of unbranched alkanes of at least 4 members (excludes halogenated alkanes) is 3. The van der Waals surface area contributed by atoms with Gasteiger partial charge in [-0.2, -0.15) is 5.21 Å². The van der Waals surface area contributed by atoms with Gasteiger partial charge in [0.15, 0.2) is 5.82 Å². The molecule has 0 radical (unpaired) electrons. The number of nitrogens with zero attached hydrogens (tertiary/aromatic N) is 4. The van der Waals surface area contributed by atoms with Gasteiger partial charge in [-0.15, -0.1) is 10.2 Å². The number of aromatic amines is 1. The van der Waals surface area contributed by atoms with E-state index in [9.17, 15) is 4.79 Å². The molecule has 6 nitrogen and oxygen atoms in total. The van der Waals surface area contributed by atoms with E-state index >= 15 is 0 Å². The number of rotatable bonds is 6. The summed E-state index contributed by atoms with van der Waals surface area (Å²) >= 11 is 0. The summed E-state index contributed by atoms with van der Waals surface area (Å²) in [5.41, 5.74) is 0.